The number of carbonyl (C=O) groups excluding carboxylic acids is 1. The summed E-state index contributed by atoms with van der Waals surface area (Å²) in [6.07, 6.45) is 2.63. The van der Waals surface area contributed by atoms with Crippen LogP contribution in [0, 0.1) is 20.8 Å². The van der Waals surface area contributed by atoms with Crippen molar-refractivity contribution in [1.29, 1.82) is 0 Å². The SMILES string of the molecule is CC[C@H](NC(=O)N1CCN(c2cc(C)ccc2C)CC1)c1cc(C)ccn1. The lowest BCUT2D eigenvalue weighted by Gasteiger charge is -2.37. The van der Waals surface area contributed by atoms with Crippen molar-refractivity contribution in [3.8, 4) is 0 Å². The first-order valence-corrected chi connectivity index (χ1v) is 9.78. The van der Waals surface area contributed by atoms with Gasteiger partial charge in [-0.25, -0.2) is 4.79 Å². The van der Waals surface area contributed by atoms with Gasteiger partial charge in [0.25, 0.3) is 0 Å². The normalized spacial score (nSPS) is 15.6. The van der Waals surface area contributed by atoms with Crippen LogP contribution in [0.25, 0.3) is 0 Å². The highest BCUT2D eigenvalue weighted by atomic mass is 16.2. The number of aromatic nitrogens is 1. The number of carbonyl (C=O) groups is 1. The van der Waals surface area contributed by atoms with Gasteiger partial charge in [-0.2, -0.15) is 0 Å². The molecule has 3 rings (SSSR count). The van der Waals surface area contributed by atoms with E-state index in [1.807, 2.05) is 30.2 Å². The maximum atomic E-state index is 12.8. The number of nitrogens with one attached hydrogen (secondary N) is 1. The number of rotatable bonds is 4. The average Bonchev–Trinajstić information content (AvgIpc) is 2.68. The molecule has 1 aromatic carbocycles. The third-order valence-corrected chi connectivity index (χ3v) is 5.27. The van der Waals surface area contributed by atoms with Gasteiger partial charge in [0.05, 0.1) is 11.7 Å². The zero-order valence-electron chi connectivity index (χ0n) is 16.8. The lowest BCUT2D eigenvalue weighted by atomic mass is 10.1. The number of aryl methyl sites for hydroxylation is 3. The monoisotopic (exact) mass is 366 g/mol. The van der Waals surface area contributed by atoms with Gasteiger partial charge in [0.1, 0.15) is 0 Å². The minimum absolute atomic E-state index is 0.00534. The summed E-state index contributed by atoms with van der Waals surface area (Å²) in [5.41, 5.74) is 5.93. The summed E-state index contributed by atoms with van der Waals surface area (Å²) in [6.45, 7) is 11.6. The van der Waals surface area contributed by atoms with Crippen LogP contribution in [0.5, 0.6) is 0 Å². The third kappa shape index (κ3) is 4.59. The van der Waals surface area contributed by atoms with Crippen LogP contribution >= 0.6 is 0 Å². The number of benzene rings is 1. The van der Waals surface area contributed by atoms with E-state index in [4.69, 9.17) is 0 Å². The molecule has 5 nitrogen and oxygen atoms in total. The zero-order chi connectivity index (χ0) is 19.4. The lowest BCUT2D eigenvalue weighted by Crippen LogP contribution is -2.52. The van der Waals surface area contributed by atoms with E-state index in [-0.39, 0.29) is 12.1 Å². The van der Waals surface area contributed by atoms with Gasteiger partial charge in [0, 0.05) is 38.1 Å². The number of nitrogens with zero attached hydrogens (tertiary/aromatic N) is 3. The molecule has 0 aliphatic carbocycles. The van der Waals surface area contributed by atoms with Crippen LogP contribution in [0.15, 0.2) is 36.5 Å². The van der Waals surface area contributed by atoms with Gasteiger partial charge < -0.3 is 15.1 Å². The molecular weight excluding hydrogens is 336 g/mol. The highest BCUT2D eigenvalue weighted by molar-refractivity contribution is 5.75. The van der Waals surface area contributed by atoms with Crippen molar-refractivity contribution in [2.45, 2.75) is 40.2 Å². The first-order chi connectivity index (χ1) is 13.0. The van der Waals surface area contributed by atoms with Crippen LogP contribution in [0.3, 0.4) is 0 Å². The van der Waals surface area contributed by atoms with Crippen LogP contribution in [0.1, 0.15) is 41.8 Å². The number of hydrogen-bond donors (Lipinski definition) is 1. The maximum Gasteiger partial charge on any atom is 0.318 e. The van der Waals surface area contributed by atoms with E-state index in [1.54, 1.807) is 0 Å². The number of piperazine rings is 1. The number of hydrogen-bond acceptors (Lipinski definition) is 3. The molecule has 0 spiro atoms. The molecule has 2 aromatic rings. The van der Waals surface area contributed by atoms with E-state index in [2.05, 4.69) is 54.2 Å². The second-order valence-electron chi connectivity index (χ2n) is 7.43. The molecule has 1 aromatic heterocycles. The Balaban J connectivity index is 1.60. The van der Waals surface area contributed by atoms with Crippen molar-refractivity contribution in [2.24, 2.45) is 0 Å². The molecule has 2 heterocycles. The maximum absolute atomic E-state index is 12.8. The number of anilines is 1. The highest BCUT2D eigenvalue weighted by Crippen LogP contribution is 2.23. The molecule has 1 aliphatic heterocycles. The van der Waals surface area contributed by atoms with Crippen molar-refractivity contribution in [2.75, 3.05) is 31.1 Å². The number of amides is 2. The first kappa shape index (κ1) is 19.2. The Kier molecular flexibility index (Phi) is 5.99. The summed E-state index contributed by atoms with van der Waals surface area (Å²) in [5, 5.41) is 3.16. The van der Waals surface area contributed by atoms with Crippen molar-refractivity contribution >= 4 is 11.7 Å². The molecule has 2 amide bonds. The summed E-state index contributed by atoms with van der Waals surface area (Å²) in [6, 6.07) is 10.5. The zero-order valence-corrected chi connectivity index (χ0v) is 16.8. The van der Waals surface area contributed by atoms with E-state index in [1.165, 1.54) is 16.8 Å². The Morgan fingerprint density at radius 2 is 1.78 bits per heavy atom. The second kappa shape index (κ2) is 8.42. The fourth-order valence-electron chi connectivity index (χ4n) is 3.59. The Bertz CT molecular complexity index is 797. The summed E-state index contributed by atoms with van der Waals surface area (Å²) in [7, 11) is 0. The molecule has 1 N–H and O–H groups in total. The van der Waals surface area contributed by atoms with Gasteiger partial charge in [-0.05, 0) is 62.1 Å². The minimum Gasteiger partial charge on any atom is -0.368 e. The molecule has 0 bridgehead atoms. The molecule has 1 atom stereocenters. The molecule has 5 heteroatoms. The van der Waals surface area contributed by atoms with Gasteiger partial charge in [-0.15, -0.1) is 0 Å². The Morgan fingerprint density at radius 3 is 2.44 bits per heavy atom. The van der Waals surface area contributed by atoms with Crippen LogP contribution in [-0.4, -0.2) is 42.1 Å². The van der Waals surface area contributed by atoms with Crippen molar-refractivity contribution < 1.29 is 4.79 Å². The standard InChI is InChI=1S/C22H30N4O/c1-5-19(20-14-17(3)8-9-23-20)24-22(27)26-12-10-25(11-13-26)21-15-16(2)6-7-18(21)4/h6-9,14-15,19H,5,10-13H2,1-4H3,(H,24,27)/t19-/m0/s1. The number of pyridine rings is 1. The summed E-state index contributed by atoms with van der Waals surface area (Å²) < 4.78 is 0. The fraction of sp³-hybridized carbons (Fsp3) is 0.455. The average molecular weight is 367 g/mol. The van der Waals surface area contributed by atoms with Gasteiger partial charge in [-0.3, -0.25) is 4.98 Å². The molecule has 0 unspecified atom stereocenters. The lowest BCUT2D eigenvalue weighted by molar-refractivity contribution is 0.189. The topological polar surface area (TPSA) is 48.5 Å². The van der Waals surface area contributed by atoms with E-state index < -0.39 is 0 Å². The number of urea groups is 1. The van der Waals surface area contributed by atoms with Gasteiger partial charge in [0.2, 0.25) is 0 Å². The fourth-order valence-corrected chi connectivity index (χ4v) is 3.59. The third-order valence-electron chi connectivity index (χ3n) is 5.27. The van der Waals surface area contributed by atoms with Crippen molar-refractivity contribution in [1.82, 2.24) is 15.2 Å². The summed E-state index contributed by atoms with van der Waals surface area (Å²) in [5.74, 6) is 0. The largest absolute Gasteiger partial charge is 0.368 e. The Morgan fingerprint density at radius 1 is 1.07 bits per heavy atom. The predicted molar refractivity (Wildman–Crippen MR) is 110 cm³/mol. The molecule has 1 aliphatic rings. The molecule has 0 saturated carbocycles. The van der Waals surface area contributed by atoms with Crippen molar-refractivity contribution in [3.05, 3.63) is 58.9 Å². The van der Waals surface area contributed by atoms with E-state index in [9.17, 15) is 4.79 Å². The first-order valence-electron chi connectivity index (χ1n) is 9.78. The van der Waals surface area contributed by atoms with E-state index in [0.29, 0.717) is 0 Å². The Hall–Kier alpha value is -2.56. The molecular formula is C22H30N4O. The van der Waals surface area contributed by atoms with Gasteiger partial charge >= 0.3 is 6.03 Å². The molecule has 0 radical (unpaired) electrons. The van der Waals surface area contributed by atoms with E-state index >= 15 is 0 Å². The van der Waals surface area contributed by atoms with Crippen LogP contribution in [0.2, 0.25) is 0 Å². The second-order valence-corrected chi connectivity index (χ2v) is 7.43. The smallest absolute Gasteiger partial charge is 0.318 e. The Labute approximate surface area is 162 Å². The highest BCUT2D eigenvalue weighted by Gasteiger charge is 2.24. The molecule has 144 valence electrons. The quantitative estimate of drug-likeness (QED) is 0.890. The van der Waals surface area contributed by atoms with Crippen LogP contribution < -0.4 is 10.2 Å². The summed E-state index contributed by atoms with van der Waals surface area (Å²) in [4.78, 5) is 21.5. The molecule has 1 saturated heterocycles. The van der Waals surface area contributed by atoms with Gasteiger partial charge in [0.15, 0.2) is 0 Å². The van der Waals surface area contributed by atoms with Crippen molar-refractivity contribution in [3.63, 3.8) is 0 Å². The molecule has 27 heavy (non-hydrogen) atoms. The minimum atomic E-state index is -0.0468. The van der Waals surface area contributed by atoms with Crippen LogP contribution in [-0.2, 0) is 0 Å². The van der Waals surface area contributed by atoms with Crippen LogP contribution in [0.4, 0.5) is 10.5 Å². The van der Waals surface area contributed by atoms with E-state index in [0.717, 1.165) is 43.9 Å². The van der Waals surface area contributed by atoms with Gasteiger partial charge in [-0.1, -0.05) is 19.1 Å². The predicted octanol–water partition coefficient (Wildman–Crippen LogP) is 3.99. The molecule has 1 fully saturated rings. The summed E-state index contributed by atoms with van der Waals surface area (Å²) >= 11 is 0.